The summed E-state index contributed by atoms with van der Waals surface area (Å²) >= 11 is 0. The summed E-state index contributed by atoms with van der Waals surface area (Å²) in [5.41, 5.74) is 4.79. The number of ether oxygens (including phenoxy) is 1. The van der Waals surface area contributed by atoms with Gasteiger partial charge in [0.25, 0.3) is 0 Å². The van der Waals surface area contributed by atoms with Crippen molar-refractivity contribution < 1.29 is 9.53 Å². The van der Waals surface area contributed by atoms with Gasteiger partial charge in [0.05, 0.1) is 12.1 Å². The quantitative estimate of drug-likeness (QED) is 0.354. The number of hydrogen-bond donors (Lipinski definition) is 3. The molecule has 21 heavy (non-hydrogen) atoms. The Bertz CT molecular complexity index is 336. The minimum Gasteiger partial charge on any atom is -0.444 e. The molecule has 0 aliphatic carbocycles. The molecular weight excluding hydrogens is 383 g/mol. The molecule has 0 heterocycles. The van der Waals surface area contributed by atoms with Crippen LogP contribution in [0.25, 0.3) is 0 Å². The van der Waals surface area contributed by atoms with E-state index < -0.39 is 17.2 Å². The molecule has 0 radical (unpaired) electrons. The minimum atomic E-state index is -0.511. The second-order valence-corrected chi connectivity index (χ2v) is 5.85. The van der Waals surface area contributed by atoms with Gasteiger partial charge in [-0.25, -0.2) is 4.79 Å². The summed E-state index contributed by atoms with van der Waals surface area (Å²) in [5.74, 6) is 0.393. The van der Waals surface area contributed by atoms with E-state index in [2.05, 4.69) is 15.6 Å². The topological polar surface area (TPSA) is 88.7 Å². The number of rotatable bonds is 6. The van der Waals surface area contributed by atoms with Crippen LogP contribution in [0.2, 0.25) is 0 Å². The first kappa shape index (κ1) is 22.5. The number of alkyl carbamates (subject to hydrolysis) is 1. The number of nitrogens with one attached hydrogen (secondary N) is 2. The maximum atomic E-state index is 11.9. The molecule has 4 N–H and O–H groups in total. The molecule has 6 nitrogen and oxygen atoms in total. The van der Waals surface area contributed by atoms with Crippen molar-refractivity contribution in [1.29, 1.82) is 0 Å². The Balaban J connectivity index is 0. The van der Waals surface area contributed by atoms with E-state index in [0.717, 1.165) is 19.4 Å². The fraction of sp³-hybridized carbons (Fsp3) is 0.857. The van der Waals surface area contributed by atoms with Gasteiger partial charge in [-0.05, 0) is 40.5 Å². The number of hydrogen-bond acceptors (Lipinski definition) is 3. The number of nitrogens with zero attached hydrogens (tertiary/aromatic N) is 1. The SMILES string of the molecule is CCNC(N)=NCC(CC)(CC)NC(=O)OC(C)(C)C.I. The average Bonchev–Trinajstić information content (AvgIpc) is 2.32. The normalized spacial score (nSPS) is 12.4. The lowest BCUT2D eigenvalue weighted by Gasteiger charge is -2.32. The van der Waals surface area contributed by atoms with Crippen molar-refractivity contribution in [3.8, 4) is 0 Å². The van der Waals surface area contributed by atoms with Crippen molar-refractivity contribution in [1.82, 2.24) is 10.6 Å². The van der Waals surface area contributed by atoms with Crippen molar-refractivity contribution >= 4 is 36.0 Å². The molecule has 0 aliphatic rings. The number of nitrogens with two attached hydrogens (primary N) is 1. The van der Waals surface area contributed by atoms with E-state index in [-0.39, 0.29) is 24.0 Å². The Hall–Kier alpha value is -0.730. The molecule has 0 rings (SSSR count). The third kappa shape index (κ3) is 9.76. The molecule has 0 bridgehead atoms. The number of carbonyl (C=O) groups excluding carboxylic acids is 1. The highest BCUT2D eigenvalue weighted by Gasteiger charge is 2.30. The third-order valence-corrected chi connectivity index (χ3v) is 3.03. The van der Waals surface area contributed by atoms with Crippen LogP contribution in [0.1, 0.15) is 54.4 Å². The van der Waals surface area contributed by atoms with Gasteiger partial charge in [-0.2, -0.15) is 0 Å². The summed E-state index contributed by atoms with van der Waals surface area (Å²) in [6.45, 7) is 12.7. The van der Waals surface area contributed by atoms with Crippen LogP contribution in [-0.4, -0.2) is 36.3 Å². The molecule has 0 aromatic carbocycles. The maximum Gasteiger partial charge on any atom is 0.408 e. The van der Waals surface area contributed by atoms with Gasteiger partial charge < -0.3 is 21.1 Å². The molecule has 0 saturated heterocycles. The minimum absolute atomic E-state index is 0. The fourth-order valence-electron chi connectivity index (χ4n) is 1.68. The van der Waals surface area contributed by atoms with Crippen LogP contribution in [0.4, 0.5) is 4.79 Å². The van der Waals surface area contributed by atoms with Gasteiger partial charge in [-0.3, -0.25) is 4.99 Å². The zero-order valence-electron chi connectivity index (χ0n) is 14.1. The number of halogens is 1. The Morgan fingerprint density at radius 2 is 1.71 bits per heavy atom. The van der Waals surface area contributed by atoms with Crippen molar-refractivity contribution in [2.45, 2.75) is 65.5 Å². The third-order valence-electron chi connectivity index (χ3n) is 3.03. The molecule has 1 amide bonds. The van der Waals surface area contributed by atoms with E-state index in [9.17, 15) is 4.79 Å². The van der Waals surface area contributed by atoms with Gasteiger partial charge in [0, 0.05) is 6.54 Å². The predicted octanol–water partition coefficient (Wildman–Crippen LogP) is 2.61. The molecule has 0 aromatic heterocycles. The zero-order chi connectivity index (χ0) is 15.8. The van der Waals surface area contributed by atoms with Crippen molar-refractivity contribution in [3.05, 3.63) is 0 Å². The summed E-state index contributed by atoms with van der Waals surface area (Å²) < 4.78 is 5.31. The first-order chi connectivity index (χ1) is 9.18. The Labute approximate surface area is 145 Å². The van der Waals surface area contributed by atoms with E-state index in [0.29, 0.717) is 12.5 Å². The van der Waals surface area contributed by atoms with Gasteiger partial charge in [0.2, 0.25) is 0 Å². The second-order valence-electron chi connectivity index (χ2n) is 5.85. The van der Waals surface area contributed by atoms with Crippen molar-refractivity contribution in [2.75, 3.05) is 13.1 Å². The van der Waals surface area contributed by atoms with Gasteiger partial charge in [0.1, 0.15) is 5.60 Å². The number of carbonyl (C=O) groups is 1. The summed E-state index contributed by atoms with van der Waals surface area (Å²) in [4.78, 5) is 16.2. The van der Waals surface area contributed by atoms with Gasteiger partial charge >= 0.3 is 6.09 Å². The van der Waals surface area contributed by atoms with Gasteiger partial charge in [-0.1, -0.05) is 13.8 Å². The van der Waals surface area contributed by atoms with Crippen LogP contribution in [0.15, 0.2) is 4.99 Å². The van der Waals surface area contributed by atoms with Gasteiger partial charge in [0.15, 0.2) is 5.96 Å². The second kappa shape index (κ2) is 10.1. The molecule has 0 spiro atoms. The monoisotopic (exact) mass is 414 g/mol. The van der Waals surface area contributed by atoms with Crippen LogP contribution in [0.5, 0.6) is 0 Å². The predicted molar refractivity (Wildman–Crippen MR) is 98.3 cm³/mol. The van der Waals surface area contributed by atoms with Crippen molar-refractivity contribution in [2.24, 2.45) is 10.7 Å². The zero-order valence-corrected chi connectivity index (χ0v) is 16.4. The summed E-state index contributed by atoms with van der Waals surface area (Å²) in [6.07, 6.45) is 1.09. The van der Waals surface area contributed by atoms with E-state index in [1.54, 1.807) is 0 Å². The van der Waals surface area contributed by atoms with E-state index >= 15 is 0 Å². The maximum absolute atomic E-state index is 11.9. The van der Waals surface area contributed by atoms with Crippen LogP contribution >= 0.6 is 24.0 Å². The molecule has 126 valence electrons. The Morgan fingerprint density at radius 3 is 2.10 bits per heavy atom. The average molecular weight is 414 g/mol. The van der Waals surface area contributed by atoms with Crippen LogP contribution in [0.3, 0.4) is 0 Å². The first-order valence-electron chi connectivity index (χ1n) is 7.23. The number of guanidine groups is 1. The number of amides is 1. The van der Waals surface area contributed by atoms with E-state index in [1.165, 1.54) is 0 Å². The molecular formula is C14H31IN4O2. The van der Waals surface area contributed by atoms with E-state index in [4.69, 9.17) is 10.5 Å². The highest BCUT2D eigenvalue weighted by Crippen LogP contribution is 2.17. The molecule has 0 fully saturated rings. The molecule has 0 aromatic rings. The van der Waals surface area contributed by atoms with Crippen molar-refractivity contribution in [3.63, 3.8) is 0 Å². The number of aliphatic imine (C=N–C) groups is 1. The van der Waals surface area contributed by atoms with Gasteiger partial charge in [-0.15, -0.1) is 24.0 Å². The van der Waals surface area contributed by atoms with Crippen LogP contribution in [0, 0.1) is 0 Å². The van der Waals surface area contributed by atoms with E-state index in [1.807, 2.05) is 41.5 Å². The lowest BCUT2D eigenvalue weighted by atomic mass is 9.93. The summed E-state index contributed by atoms with van der Waals surface area (Å²) in [7, 11) is 0. The van der Waals surface area contributed by atoms with Crippen LogP contribution in [-0.2, 0) is 4.74 Å². The standard InChI is InChI=1S/C14H30N4O2.HI/c1-7-14(8-2,10-17-11(15)16-9-3)18-12(19)20-13(4,5)6;/h7-10H2,1-6H3,(H,18,19)(H3,15,16,17);1H. The highest BCUT2D eigenvalue weighted by molar-refractivity contribution is 14.0. The largest absolute Gasteiger partial charge is 0.444 e. The molecule has 0 saturated carbocycles. The Kier molecular flexibility index (Phi) is 10.8. The Morgan fingerprint density at radius 1 is 1.19 bits per heavy atom. The van der Waals surface area contributed by atoms with Crippen LogP contribution < -0.4 is 16.4 Å². The first-order valence-corrected chi connectivity index (χ1v) is 7.23. The molecule has 7 heteroatoms. The molecule has 0 aliphatic heterocycles. The smallest absolute Gasteiger partial charge is 0.408 e. The molecule has 0 atom stereocenters. The fourth-order valence-corrected chi connectivity index (χ4v) is 1.68. The summed E-state index contributed by atoms with van der Waals surface area (Å²) in [6, 6.07) is 0. The summed E-state index contributed by atoms with van der Waals surface area (Å²) in [5, 5.41) is 5.87. The molecule has 0 unspecified atom stereocenters. The lowest BCUT2D eigenvalue weighted by Crippen LogP contribution is -2.52. The highest BCUT2D eigenvalue weighted by atomic mass is 127. The lowest BCUT2D eigenvalue weighted by molar-refractivity contribution is 0.0452.